The molecule has 2 aromatic carbocycles. The van der Waals surface area contributed by atoms with Crippen molar-refractivity contribution in [3.05, 3.63) is 59.7 Å². The predicted molar refractivity (Wildman–Crippen MR) is 87.6 cm³/mol. The highest BCUT2D eigenvalue weighted by molar-refractivity contribution is 6.32. The number of ether oxygens (including phenoxy) is 2. The maximum atomic E-state index is 12.6. The number of para-hydroxylation sites is 1. The van der Waals surface area contributed by atoms with Gasteiger partial charge in [-0.05, 0) is 42.8 Å². The first-order valence-corrected chi connectivity index (χ1v) is 7.29. The number of hydrazone groups is 1. The van der Waals surface area contributed by atoms with E-state index in [1.165, 1.54) is 5.01 Å². The van der Waals surface area contributed by atoms with E-state index >= 15 is 0 Å². The van der Waals surface area contributed by atoms with Crippen molar-refractivity contribution in [2.45, 2.75) is 6.92 Å². The first kappa shape index (κ1) is 13.6. The maximum absolute atomic E-state index is 12.6. The molecule has 0 N–H and O–H groups in total. The van der Waals surface area contributed by atoms with Gasteiger partial charge in [-0.1, -0.05) is 24.3 Å². The second-order valence-electron chi connectivity index (χ2n) is 5.31. The lowest BCUT2D eigenvalue weighted by Crippen LogP contribution is -2.21. The summed E-state index contributed by atoms with van der Waals surface area (Å²) in [5.41, 5.74) is 2.90. The number of rotatable bonds is 2. The average molecular weight is 306 g/mol. The minimum absolute atomic E-state index is 0.133. The molecule has 0 aliphatic carbocycles. The fourth-order valence-corrected chi connectivity index (χ4v) is 2.60. The third-order valence-corrected chi connectivity index (χ3v) is 3.77. The second kappa shape index (κ2) is 5.28. The Hall–Kier alpha value is -3.08. The zero-order chi connectivity index (χ0) is 15.8. The van der Waals surface area contributed by atoms with Crippen molar-refractivity contribution in [2.75, 3.05) is 11.8 Å². The third kappa shape index (κ3) is 2.36. The Morgan fingerprint density at radius 2 is 1.87 bits per heavy atom. The summed E-state index contributed by atoms with van der Waals surface area (Å²) >= 11 is 0. The number of carbonyl (C=O) groups is 1. The van der Waals surface area contributed by atoms with Gasteiger partial charge in [-0.15, -0.1) is 0 Å². The van der Waals surface area contributed by atoms with E-state index in [2.05, 4.69) is 5.10 Å². The molecule has 0 fully saturated rings. The van der Waals surface area contributed by atoms with E-state index in [-0.39, 0.29) is 12.7 Å². The first-order chi connectivity index (χ1) is 11.2. The van der Waals surface area contributed by atoms with Crippen LogP contribution in [-0.4, -0.2) is 18.4 Å². The van der Waals surface area contributed by atoms with E-state index in [0.717, 1.165) is 17.0 Å². The summed E-state index contributed by atoms with van der Waals surface area (Å²) < 4.78 is 10.7. The summed E-state index contributed by atoms with van der Waals surface area (Å²) in [6, 6.07) is 15.0. The summed E-state index contributed by atoms with van der Waals surface area (Å²) in [4.78, 5) is 12.6. The van der Waals surface area contributed by atoms with E-state index in [1.54, 1.807) is 0 Å². The van der Waals surface area contributed by atoms with E-state index < -0.39 is 0 Å². The molecule has 5 nitrogen and oxygen atoms in total. The number of hydrogen-bond donors (Lipinski definition) is 0. The SMILES string of the molecule is CC1=NN(c2ccccc2)C(=O)/C1=C/c1ccc2c(c1)OCO2. The second-order valence-corrected chi connectivity index (χ2v) is 5.31. The number of amides is 1. The van der Waals surface area contributed by atoms with Crippen LogP contribution in [0.5, 0.6) is 11.5 Å². The number of hydrogen-bond acceptors (Lipinski definition) is 4. The van der Waals surface area contributed by atoms with Gasteiger partial charge in [0, 0.05) is 0 Å². The van der Waals surface area contributed by atoms with Crippen molar-refractivity contribution in [1.82, 2.24) is 0 Å². The van der Waals surface area contributed by atoms with Crippen molar-refractivity contribution in [3.8, 4) is 11.5 Å². The Kier molecular flexibility index (Phi) is 3.12. The summed E-state index contributed by atoms with van der Waals surface area (Å²) in [5, 5.41) is 5.79. The summed E-state index contributed by atoms with van der Waals surface area (Å²) in [6.45, 7) is 2.07. The standard InChI is InChI=1S/C18H14N2O3/c1-12-15(9-13-7-8-16-17(10-13)23-11-22-16)18(21)20(19-12)14-5-3-2-4-6-14/h2-10H,11H2,1H3/b15-9+. The highest BCUT2D eigenvalue weighted by atomic mass is 16.7. The van der Waals surface area contributed by atoms with Gasteiger partial charge in [0.15, 0.2) is 11.5 Å². The van der Waals surface area contributed by atoms with Gasteiger partial charge in [-0.3, -0.25) is 4.79 Å². The molecule has 5 heteroatoms. The van der Waals surface area contributed by atoms with Crippen molar-refractivity contribution in [1.29, 1.82) is 0 Å². The van der Waals surface area contributed by atoms with Crippen molar-refractivity contribution < 1.29 is 14.3 Å². The Morgan fingerprint density at radius 1 is 1.09 bits per heavy atom. The molecule has 0 saturated heterocycles. The lowest BCUT2D eigenvalue weighted by atomic mass is 10.1. The van der Waals surface area contributed by atoms with Gasteiger partial charge in [0.05, 0.1) is 17.0 Å². The number of anilines is 1. The van der Waals surface area contributed by atoms with Gasteiger partial charge in [-0.25, -0.2) is 0 Å². The van der Waals surface area contributed by atoms with Crippen LogP contribution in [0, 0.1) is 0 Å². The van der Waals surface area contributed by atoms with Crippen LogP contribution in [0.1, 0.15) is 12.5 Å². The highest BCUT2D eigenvalue weighted by Crippen LogP contribution is 2.33. The van der Waals surface area contributed by atoms with Gasteiger partial charge in [-0.2, -0.15) is 10.1 Å². The number of benzene rings is 2. The van der Waals surface area contributed by atoms with Crippen LogP contribution in [0.4, 0.5) is 5.69 Å². The van der Waals surface area contributed by atoms with Gasteiger partial charge in [0.25, 0.3) is 5.91 Å². The topological polar surface area (TPSA) is 51.1 Å². The molecule has 0 spiro atoms. The molecule has 23 heavy (non-hydrogen) atoms. The van der Waals surface area contributed by atoms with E-state index in [0.29, 0.717) is 17.0 Å². The minimum atomic E-state index is -0.133. The van der Waals surface area contributed by atoms with Crippen LogP contribution < -0.4 is 14.5 Å². The van der Waals surface area contributed by atoms with E-state index in [1.807, 2.05) is 61.5 Å². The largest absolute Gasteiger partial charge is 0.454 e. The third-order valence-electron chi connectivity index (χ3n) is 3.77. The molecule has 0 saturated carbocycles. The van der Waals surface area contributed by atoms with Crippen LogP contribution in [-0.2, 0) is 4.79 Å². The molecule has 0 radical (unpaired) electrons. The number of carbonyl (C=O) groups excluding carboxylic acids is 1. The van der Waals surface area contributed by atoms with Gasteiger partial charge >= 0.3 is 0 Å². The molecule has 0 aromatic heterocycles. The number of fused-ring (bicyclic) bond motifs is 1. The zero-order valence-corrected chi connectivity index (χ0v) is 12.5. The zero-order valence-electron chi connectivity index (χ0n) is 12.5. The molecule has 1 amide bonds. The first-order valence-electron chi connectivity index (χ1n) is 7.29. The van der Waals surface area contributed by atoms with Crippen molar-refractivity contribution in [2.24, 2.45) is 5.10 Å². The number of nitrogens with zero attached hydrogens (tertiary/aromatic N) is 2. The van der Waals surface area contributed by atoms with Gasteiger partial charge < -0.3 is 9.47 Å². The van der Waals surface area contributed by atoms with Crippen LogP contribution in [0.3, 0.4) is 0 Å². The molecule has 114 valence electrons. The van der Waals surface area contributed by atoms with Crippen LogP contribution >= 0.6 is 0 Å². The van der Waals surface area contributed by atoms with Crippen molar-refractivity contribution in [3.63, 3.8) is 0 Å². The average Bonchev–Trinajstić information content (AvgIpc) is 3.15. The van der Waals surface area contributed by atoms with Gasteiger partial charge in [0.1, 0.15) is 0 Å². The summed E-state index contributed by atoms with van der Waals surface area (Å²) in [7, 11) is 0. The molecule has 0 bridgehead atoms. The highest BCUT2D eigenvalue weighted by Gasteiger charge is 2.28. The van der Waals surface area contributed by atoms with Crippen LogP contribution in [0.2, 0.25) is 0 Å². The fourth-order valence-electron chi connectivity index (χ4n) is 2.60. The van der Waals surface area contributed by atoms with E-state index in [9.17, 15) is 4.79 Å². The van der Waals surface area contributed by atoms with E-state index in [4.69, 9.17) is 9.47 Å². The summed E-state index contributed by atoms with van der Waals surface area (Å²) in [5.74, 6) is 1.28. The molecule has 2 heterocycles. The normalized spacial score (nSPS) is 17.8. The predicted octanol–water partition coefficient (Wildman–Crippen LogP) is 3.22. The Labute approximate surface area is 133 Å². The molecule has 4 rings (SSSR count). The fraction of sp³-hybridized carbons (Fsp3) is 0.111. The van der Waals surface area contributed by atoms with Crippen molar-refractivity contribution >= 4 is 23.4 Å². The quantitative estimate of drug-likeness (QED) is 0.800. The lowest BCUT2D eigenvalue weighted by molar-refractivity contribution is -0.114. The summed E-state index contributed by atoms with van der Waals surface area (Å²) in [6.07, 6.45) is 1.83. The Morgan fingerprint density at radius 3 is 2.70 bits per heavy atom. The molecule has 0 atom stereocenters. The molecule has 2 aliphatic heterocycles. The lowest BCUT2D eigenvalue weighted by Gasteiger charge is -2.11. The monoisotopic (exact) mass is 306 g/mol. The molecular weight excluding hydrogens is 292 g/mol. The maximum Gasteiger partial charge on any atom is 0.280 e. The Bertz CT molecular complexity index is 841. The molecular formula is C18H14N2O3. The molecule has 2 aliphatic rings. The smallest absolute Gasteiger partial charge is 0.280 e. The minimum Gasteiger partial charge on any atom is -0.454 e. The molecule has 0 unspecified atom stereocenters. The Balaban J connectivity index is 1.67. The van der Waals surface area contributed by atoms with Gasteiger partial charge in [0.2, 0.25) is 6.79 Å². The van der Waals surface area contributed by atoms with Crippen LogP contribution in [0.25, 0.3) is 6.08 Å². The van der Waals surface area contributed by atoms with Crippen LogP contribution in [0.15, 0.2) is 59.2 Å². The molecule has 2 aromatic rings.